The lowest BCUT2D eigenvalue weighted by molar-refractivity contribution is -0.143. The molecule has 8 nitrogen and oxygen atoms in total. The summed E-state index contributed by atoms with van der Waals surface area (Å²) in [5, 5.41) is 11.2. The van der Waals surface area contributed by atoms with Crippen molar-refractivity contribution in [1.82, 2.24) is 25.2 Å². The highest BCUT2D eigenvalue weighted by Crippen LogP contribution is 2.25. The average Bonchev–Trinajstić information content (AvgIpc) is 3.50. The van der Waals surface area contributed by atoms with Gasteiger partial charge in [0.15, 0.2) is 6.04 Å². The summed E-state index contributed by atoms with van der Waals surface area (Å²) in [6.45, 7) is 4.57. The Balaban J connectivity index is 1.66. The van der Waals surface area contributed by atoms with Gasteiger partial charge in [0.25, 0.3) is 5.91 Å². The molecule has 2 aromatic carbocycles. The molecule has 1 atom stereocenters. The number of halogens is 1. The van der Waals surface area contributed by atoms with Crippen molar-refractivity contribution in [2.75, 3.05) is 6.54 Å². The van der Waals surface area contributed by atoms with Crippen LogP contribution in [-0.4, -0.2) is 38.3 Å². The Bertz CT molecular complexity index is 1270. The highest BCUT2D eigenvalue weighted by molar-refractivity contribution is 5.88. The summed E-state index contributed by atoms with van der Waals surface area (Å²) in [6, 6.07) is 15.5. The Morgan fingerprint density at radius 1 is 1.09 bits per heavy atom. The minimum Gasteiger partial charge on any atom is -0.467 e. The summed E-state index contributed by atoms with van der Waals surface area (Å²) in [4.78, 5) is 28.5. The van der Waals surface area contributed by atoms with Gasteiger partial charge in [0, 0.05) is 13.1 Å². The van der Waals surface area contributed by atoms with Gasteiger partial charge in [-0.25, -0.2) is 9.07 Å². The molecule has 9 heteroatoms. The van der Waals surface area contributed by atoms with Gasteiger partial charge in [-0.05, 0) is 54.3 Å². The van der Waals surface area contributed by atoms with Gasteiger partial charge in [0.2, 0.25) is 5.91 Å². The van der Waals surface area contributed by atoms with Crippen molar-refractivity contribution in [2.45, 2.75) is 39.4 Å². The molecule has 182 valence electrons. The molecule has 2 aromatic heterocycles. The summed E-state index contributed by atoms with van der Waals surface area (Å²) < 4.78 is 20.6. The topological polar surface area (TPSA) is 93.3 Å². The third-order valence-corrected chi connectivity index (χ3v) is 5.69. The van der Waals surface area contributed by atoms with Gasteiger partial charge in [-0.15, -0.1) is 5.10 Å². The Morgan fingerprint density at radius 2 is 1.86 bits per heavy atom. The molecule has 4 rings (SSSR count). The van der Waals surface area contributed by atoms with Gasteiger partial charge < -0.3 is 14.6 Å². The van der Waals surface area contributed by atoms with Gasteiger partial charge in [-0.2, -0.15) is 0 Å². The number of aromatic nitrogens is 3. The first-order valence-corrected chi connectivity index (χ1v) is 11.6. The van der Waals surface area contributed by atoms with Crippen molar-refractivity contribution in [1.29, 1.82) is 0 Å². The third-order valence-electron chi connectivity index (χ3n) is 5.69. The zero-order valence-electron chi connectivity index (χ0n) is 19.7. The number of nitrogens with zero attached hydrogens (tertiary/aromatic N) is 4. The van der Waals surface area contributed by atoms with Crippen LogP contribution >= 0.6 is 0 Å². The summed E-state index contributed by atoms with van der Waals surface area (Å²) in [5.41, 5.74) is 2.05. The first kappa shape index (κ1) is 24.1. The minimum absolute atomic E-state index is 0.0781. The molecule has 0 aliphatic heterocycles. The summed E-state index contributed by atoms with van der Waals surface area (Å²) >= 11 is 0. The Morgan fingerprint density at radius 3 is 2.57 bits per heavy atom. The van der Waals surface area contributed by atoms with Crippen LogP contribution in [0.25, 0.3) is 11.0 Å². The molecular weight excluding hydrogens is 449 g/mol. The smallest absolute Gasteiger partial charge is 0.250 e. The van der Waals surface area contributed by atoms with Crippen LogP contribution in [0.3, 0.4) is 0 Å². The number of fused-ring (bicyclic) bond motifs is 1. The van der Waals surface area contributed by atoms with Gasteiger partial charge in [-0.1, -0.05) is 43.3 Å². The Kier molecular flexibility index (Phi) is 7.54. The molecule has 0 fully saturated rings. The second-order valence-corrected chi connectivity index (χ2v) is 8.78. The number of para-hydroxylation sites is 1. The SMILES string of the molecule is CC(C)CCNC(=O)[C@H](c1ccco1)N(Cc1ccc(F)cc1)C(=O)Cn1nnc2ccccc21. The lowest BCUT2D eigenvalue weighted by Crippen LogP contribution is -2.44. The number of rotatable bonds is 10. The minimum atomic E-state index is -1.01. The molecule has 0 unspecified atom stereocenters. The molecule has 0 radical (unpaired) electrons. The number of nitrogens with one attached hydrogen (secondary N) is 1. The van der Waals surface area contributed by atoms with E-state index in [2.05, 4.69) is 29.5 Å². The van der Waals surface area contributed by atoms with E-state index in [1.54, 1.807) is 24.3 Å². The fraction of sp³-hybridized carbons (Fsp3) is 0.308. The van der Waals surface area contributed by atoms with E-state index in [0.717, 1.165) is 6.42 Å². The molecule has 2 heterocycles. The summed E-state index contributed by atoms with van der Waals surface area (Å²) in [7, 11) is 0. The molecule has 0 aliphatic rings. The quantitative estimate of drug-likeness (QED) is 0.371. The van der Waals surface area contributed by atoms with Crippen molar-refractivity contribution in [3.8, 4) is 0 Å². The maximum atomic E-state index is 13.7. The number of amides is 2. The molecule has 1 N–H and O–H groups in total. The Hall–Kier alpha value is -4.01. The zero-order chi connectivity index (χ0) is 24.8. The van der Waals surface area contributed by atoms with E-state index in [0.29, 0.717) is 34.8 Å². The molecule has 0 saturated heterocycles. The number of hydrogen-bond donors (Lipinski definition) is 1. The largest absolute Gasteiger partial charge is 0.467 e. The second-order valence-electron chi connectivity index (χ2n) is 8.78. The van der Waals surface area contributed by atoms with E-state index in [1.807, 2.05) is 24.3 Å². The van der Waals surface area contributed by atoms with Crippen LogP contribution in [0.2, 0.25) is 0 Å². The van der Waals surface area contributed by atoms with Crippen molar-refractivity contribution in [3.63, 3.8) is 0 Å². The van der Waals surface area contributed by atoms with Gasteiger partial charge in [-0.3, -0.25) is 9.59 Å². The van der Waals surface area contributed by atoms with Crippen molar-refractivity contribution in [2.24, 2.45) is 5.92 Å². The predicted molar refractivity (Wildman–Crippen MR) is 128 cm³/mol. The van der Waals surface area contributed by atoms with Crippen LogP contribution in [0.4, 0.5) is 4.39 Å². The van der Waals surface area contributed by atoms with Crippen LogP contribution in [0.15, 0.2) is 71.3 Å². The number of hydrogen-bond acceptors (Lipinski definition) is 5. The van der Waals surface area contributed by atoms with Crippen molar-refractivity contribution >= 4 is 22.8 Å². The fourth-order valence-electron chi connectivity index (χ4n) is 3.81. The summed E-state index contributed by atoms with van der Waals surface area (Å²) in [6.07, 6.45) is 2.27. The van der Waals surface area contributed by atoms with Crippen LogP contribution in [0.5, 0.6) is 0 Å². The lowest BCUT2D eigenvalue weighted by atomic mass is 10.1. The molecule has 0 bridgehead atoms. The van der Waals surface area contributed by atoms with Crippen LogP contribution < -0.4 is 5.32 Å². The first-order chi connectivity index (χ1) is 16.9. The number of carbonyl (C=O) groups excluding carboxylic acids is 2. The molecule has 0 spiro atoms. The van der Waals surface area contributed by atoms with Gasteiger partial charge in [0.05, 0.1) is 11.8 Å². The van der Waals surface area contributed by atoms with Gasteiger partial charge >= 0.3 is 0 Å². The number of furan rings is 1. The van der Waals surface area contributed by atoms with E-state index in [1.165, 1.54) is 28.0 Å². The van der Waals surface area contributed by atoms with E-state index < -0.39 is 6.04 Å². The van der Waals surface area contributed by atoms with Crippen molar-refractivity contribution in [3.05, 3.63) is 84.1 Å². The Labute approximate surface area is 202 Å². The van der Waals surface area contributed by atoms with E-state index in [9.17, 15) is 14.0 Å². The van der Waals surface area contributed by atoms with E-state index in [-0.39, 0.29) is 30.7 Å². The fourth-order valence-corrected chi connectivity index (χ4v) is 3.81. The summed E-state index contributed by atoms with van der Waals surface area (Å²) in [5.74, 6) is -0.333. The monoisotopic (exact) mass is 477 g/mol. The highest BCUT2D eigenvalue weighted by atomic mass is 19.1. The maximum absolute atomic E-state index is 13.7. The van der Waals surface area contributed by atoms with E-state index in [4.69, 9.17) is 4.42 Å². The van der Waals surface area contributed by atoms with Crippen LogP contribution in [-0.2, 0) is 22.7 Å². The standard InChI is InChI=1S/C26H28FN5O3/c1-18(2)13-14-28-26(34)25(23-8-5-15-35-23)31(16-19-9-11-20(27)12-10-19)24(33)17-32-22-7-4-3-6-21(22)29-30-32/h3-12,15,18,25H,13-14,16-17H2,1-2H3,(H,28,34)/t25-/m0/s1. The highest BCUT2D eigenvalue weighted by Gasteiger charge is 2.34. The van der Waals surface area contributed by atoms with E-state index >= 15 is 0 Å². The normalized spacial score (nSPS) is 12.1. The molecule has 0 saturated carbocycles. The first-order valence-electron chi connectivity index (χ1n) is 11.6. The molecule has 2 amide bonds. The maximum Gasteiger partial charge on any atom is 0.250 e. The van der Waals surface area contributed by atoms with Gasteiger partial charge in [0.1, 0.15) is 23.6 Å². The molecule has 4 aromatic rings. The number of benzene rings is 2. The lowest BCUT2D eigenvalue weighted by Gasteiger charge is -2.30. The molecule has 0 aliphatic carbocycles. The predicted octanol–water partition coefficient (Wildman–Crippen LogP) is 4.10. The molecule has 35 heavy (non-hydrogen) atoms. The zero-order valence-corrected chi connectivity index (χ0v) is 19.7. The van der Waals surface area contributed by atoms with Crippen LogP contribution in [0.1, 0.15) is 37.6 Å². The average molecular weight is 478 g/mol. The third kappa shape index (κ3) is 5.92. The van der Waals surface area contributed by atoms with Crippen molar-refractivity contribution < 1.29 is 18.4 Å². The number of carbonyl (C=O) groups is 2. The second kappa shape index (κ2) is 10.9. The van der Waals surface area contributed by atoms with Crippen LogP contribution in [0, 0.1) is 11.7 Å². The molecular formula is C26H28FN5O3.